The Bertz CT molecular complexity index is 384. The summed E-state index contributed by atoms with van der Waals surface area (Å²) in [4.78, 5) is 0. The van der Waals surface area contributed by atoms with Gasteiger partial charge in [-0.3, -0.25) is 0 Å². The van der Waals surface area contributed by atoms with E-state index < -0.39 is 0 Å². The number of rotatable bonds is 6. The van der Waals surface area contributed by atoms with Crippen molar-refractivity contribution in [3.8, 4) is 0 Å². The van der Waals surface area contributed by atoms with Crippen molar-refractivity contribution in [3.63, 3.8) is 0 Å². The lowest BCUT2D eigenvalue weighted by molar-refractivity contribution is 0.0273. The van der Waals surface area contributed by atoms with Gasteiger partial charge in [0.05, 0.1) is 12.7 Å². The summed E-state index contributed by atoms with van der Waals surface area (Å²) < 4.78 is 10.5. The Morgan fingerprint density at radius 1 is 1.33 bits per heavy atom. The first-order valence-electron chi connectivity index (χ1n) is 6.35. The summed E-state index contributed by atoms with van der Waals surface area (Å²) in [6.45, 7) is 1.37. The molecule has 0 fully saturated rings. The monoisotopic (exact) mass is 250 g/mol. The van der Waals surface area contributed by atoms with E-state index in [2.05, 4.69) is 23.5 Å². The van der Waals surface area contributed by atoms with E-state index in [9.17, 15) is 0 Å². The molecule has 1 aromatic rings. The van der Waals surface area contributed by atoms with Crippen molar-refractivity contribution in [2.45, 2.75) is 24.6 Å². The van der Waals surface area contributed by atoms with Gasteiger partial charge in [-0.25, -0.2) is 0 Å². The Balaban J connectivity index is 1.95. The van der Waals surface area contributed by atoms with E-state index in [1.165, 1.54) is 11.1 Å². The van der Waals surface area contributed by atoms with E-state index in [0.29, 0.717) is 12.6 Å². The van der Waals surface area contributed by atoms with Crippen molar-refractivity contribution in [2.24, 2.45) is 5.73 Å². The predicted molar refractivity (Wildman–Crippen MR) is 71.4 cm³/mol. The number of hydrogen-bond donors (Lipinski definition) is 2. The molecule has 1 aromatic carbocycles. The second kappa shape index (κ2) is 6.29. The number of hydrogen-bond acceptors (Lipinski definition) is 4. The van der Waals surface area contributed by atoms with E-state index in [0.717, 1.165) is 13.0 Å². The van der Waals surface area contributed by atoms with Crippen LogP contribution in [0.25, 0.3) is 0 Å². The van der Waals surface area contributed by atoms with E-state index in [1.807, 2.05) is 6.07 Å². The highest BCUT2D eigenvalue weighted by atomic mass is 16.5. The number of ether oxygens (including phenoxy) is 2. The fraction of sp³-hybridized carbons (Fsp3) is 0.571. The van der Waals surface area contributed by atoms with Crippen LogP contribution >= 0.6 is 0 Å². The Hall–Kier alpha value is -0.940. The second-order valence-corrected chi connectivity index (χ2v) is 4.74. The smallest absolute Gasteiger partial charge is 0.0928 e. The van der Waals surface area contributed by atoms with Crippen molar-refractivity contribution in [1.29, 1.82) is 0 Å². The zero-order chi connectivity index (χ0) is 13.0. The molecule has 0 amide bonds. The van der Waals surface area contributed by atoms with E-state index in [1.54, 1.807) is 14.2 Å². The lowest BCUT2D eigenvalue weighted by Crippen LogP contribution is -2.33. The first kappa shape index (κ1) is 13.5. The molecule has 0 saturated heterocycles. The van der Waals surface area contributed by atoms with Crippen molar-refractivity contribution in [1.82, 2.24) is 5.32 Å². The van der Waals surface area contributed by atoms with E-state index in [-0.39, 0.29) is 12.1 Å². The first-order chi connectivity index (χ1) is 8.76. The predicted octanol–water partition coefficient (Wildman–Crippen LogP) is 1.38. The molecule has 1 aliphatic rings. The summed E-state index contributed by atoms with van der Waals surface area (Å²) in [5, 5.41) is 3.52. The topological polar surface area (TPSA) is 56.5 Å². The molecule has 1 aliphatic carbocycles. The second-order valence-electron chi connectivity index (χ2n) is 4.74. The van der Waals surface area contributed by atoms with Gasteiger partial charge in [-0.1, -0.05) is 24.3 Å². The molecular formula is C14H22N2O2. The van der Waals surface area contributed by atoms with Gasteiger partial charge in [0, 0.05) is 32.8 Å². The first-order valence-corrected chi connectivity index (χ1v) is 6.35. The van der Waals surface area contributed by atoms with Crippen LogP contribution in [0, 0.1) is 0 Å². The van der Waals surface area contributed by atoms with Crippen LogP contribution in [0.1, 0.15) is 29.6 Å². The standard InChI is InChI=1S/C14H22N2O2/c1-17-9-10(18-2)8-16-14-7-13(15)11-5-3-4-6-12(11)14/h3-6,10,13-14,16H,7-9,15H2,1-2H3. The Labute approximate surface area is 108 Å². The molecule has 3 N–H and O–H groups in total. The maximum absolute atomic E-state index is 6.14. The average molecular weight is 250 g/mol. The molecular weight excluding hydrogens is 228 g/mol. The van der Waals surface area contributed by atoms with Gasteiger partial charge in [-0.2, -0.15) is 0 Å². The summed E-state index contributed by atoms with van der Waals surface area (Å²) in [6, 6.07) is 8.84. The number of fused-ring (bicyclic) bond motifs is 1. The quantitative estimate of drug-likeness (QED) is 0.801. The molecule has 0 saturated carbocycles. The molecule has 18 heavy (non-hydrogen) atoms. The average Bonchev–Trinajstić information content (AvgIpc) is 2.72. The molecule has 0 aliphatic heterocycles. The highest BCUT2D eigenvalue weighted by Crippen LogP contribution is 2.36. The van der Waals surface area contributed by atoms with Crippen LogP contribution in [0.3, 0.4) is 0 Å². The zero-order valence-electron chi connectivity index (χ0n) is 11.1. The molecule has 4 nitrogen and oxygen atoms in total. The fourth-order valence-electron chi connectivity index (χ4n) is 2.54. The summed E-state index contributed by atoms with van der Waals surface area (Å²) >= 11 is 0. The zero-order valence-corrected chi connectivity index (χ0v) is 11.1. The lowest BCUT2D eigenvalue weighted by Gasteiger charge is -2.19. The van der Waals surface area contributed by atoms with Crippen molar-refractivity contribution >= 4 is 0 Å². The van der Waals surface area contributed by atoms with Gasteiger partial charge in [0.15, 0.2) is 0 Å². The van der Waals surface area contributed by atoms with E-state index >= 15 is 0 Å². The molecule has 0 bridgehead atoms. The van der Waals surface area contributed by atoms with Crippen LogP contribution in [0.15, 0.2) is 24.3 Å². The lowest BCUT2D eigenvalue weighted by atomic mass is 10.1. The van der Waals surface area contributed by atoms with Crippen molar-refractivity contribution in [2.75, 3.05) is 27.4 Å². The minimum absolute atomic E-state index is 0.0824. The van der Waals surface area contributed by atoms with Crippen LogP contribution < -0.4 is 11.1 Å². The Morgan fingerprint density at radius 2 is 2.06 bits per heavy atom. The fourth-order valence-corrected chi connectivity index (χ4v) is 2.54. The minimum Gasteiger partial charge on any atom is -0.382 e. The summed E-state index contributed by atoms with van der Waals surface area (Å²) in [7, 11) is 3.40. The van der Waals surface area contributed by atoms with Gasteiger partial charge in [0.25, 0.3) is 0 Å². The minimum atomic E-state index is 0.0824. The third kappa shape index (κ3) is 2.90. The van der Waals surface area contributed by atoms with Gasteiger partial charge in [0.2, 0.25) is 0 Å². The number of methoxy groups -OCH3 is 2. The van der Waals surface area contributed by atoms with Gasteiger partial charge >= 0.3 is 0 Å². The molecule has 2 rings (SSSR count). The molecule has 0 aromatic heterocycles. The van der Waals surface area contributed by atoms with Gasteiger partial charge in [0.1, 0.15) is 0 Å². The van der Waals surface area contributed by atoms with Crippen LogP contribution in [-0.2, 0) is 9.47 Å². The highest BCUT2D eigenvalue weighted by molar-refractivity contribution is 5.37. The van der Waals surface area contributed by atoms with Gasteiger partial charge < -0.3 is 20.5 Å². The number of nitrogens with one attached hydrogen (secondary N) is 1. The molecule has 3 atom stereocenters. The van der Waals surface area contributed by atoms with Crippen LogP contribution in [-0.4, -0.2) is 33.5 Å². The molecule has 3 unspecified atom stereocenters. The number of benzene rings is 1. The summed E-state index contributed by atoms with van der Waals surface area (Å²) in [5.74, 6) is 0. The third-order valence-corrected chi connectivity index (χ3v) is 3.54. The maximum atomic E-state index is 6.14. The molecule has 4 heteroatoms. The van der Waals surface area contributed by atoms with Crippen molar-refractivity contribution < 1.29 is 9.47 Å². The van der Waals surface area contributed by atoms with Crippen LogP contribution in [0.4, 0.5) is 0 Å². The summed E-state index contributed by atoms with van der Waals surface area (Å²) in [6.07, 6.45) is 1.03. The highest BCUT2D eigenvalue weighted by Gasteiger charge is 2.28. The van der Waals surface area contributed by atoms with Gasteiger partial charge in [-0.15, -0.1) is 0 Å². The van der Waals surface area contributed by atoms with Crippen molar-refractivity contribution in [3.05, 3.63) is 35.4 Å². The maximum Gasteiger partial charge on any atom is 0.0928 e. The Morgan fingerprint density at radius 3 is 2.72 bits per heavy atom. The normalized spacial score (nSPS) is 23.9. The summed E-state index contributed by atoms with van der Waals surface area (Å²) in [5.41, 5.74) is 8.72. The molecule has 0 heterocycles. The molecule has 100 valence electrons. The van der Waals surface area contributed by atoms with Crippen LogP contribution in [0.2, 0.25) is 0 Å². The largest absolute Gasteiger partial charge is 0.382 e. The molecule has 0 spiro atoms. The third-order valence-electron chi connectivity index (χ3n) is 3.54. The number of nitrogens with two attached hydrogens (primary N) is 1. The van der Waals surface area contributed by atoms with E-state index in [4.69, 9.17) is 15.2 Å². The van der Waals surface area contributed by atoms with Crippen LogP contribution in [0.5, 0.6) is 0 Å². The Kier molecular flexibility index (Phi) is 4.72. The molecule has 0 radical (unpaired) electrons. The van der Waals surface area contributed by atoms with Gasteiger partial charge in [-0.05, 0) is 17.5 Å². The SMILES string of the molecule is COCC(CNC1CC(N)c2ccccc21)OC.